The molecule has 0 heterocycles. The van der Waals surface area contributed by atoms with Crippen LogP contribution in [0.25, 0.3) is 0 Å². The predicted molar refractivity (Wildman–Crippen MR) is 75.3 cm³/mol. The molecule has 0 bridgehead atoms. The molecule has 1 aromatic rings. The summed E-state index contributed by atoms with van der Waals surface area (Å²) in [5, 5.41) is 3.27. The van der Waals surface area contributed by atoms with Crippen LogP contribution in [0, 0.1) is 11.7 Å². The normalized spacial score (nSPS) is 12.7. The number of benzene rings is 1. The fourth-order valence-electron chi connectivity index (χ4n) is 1.83. The van der Waals surface area contributed by atoms with Gasteiger partial charge in [0.1, 0.15) is 5.82 Å². The highest BCUT2D eigenvalue weighted by molar-refractivity contribution is 5.92. The summed E-state index contributed by atoms with van der Waals surface area (Å²) in [7, 11) is 0. The number of nitrogens with two attached hydrogens (primary N) is 1. The van der Waals surface area contributed by atoms with E-state index in [-0.39, 0.29) is 5.82 Å². The first-order valence-electron chi connectivity index (χ1n) is 6.71. The fourth-order valence-corrected chi connectivity index (χ4v) is 1.83. The van der Waals surface area contributed by atoms with Crippen LogP contribution in [0.1, 0.15) is 49.5 Å². The highest BCUT2D eigenvalue weighted by Crippen LogP contribution is 2.12. The van der Waals surface area contributed by atoms with Crippen LogP contribution in [-0.2, 0) is 6.54 Å². The topological polar surface area (TPSA) is 55.1 Å². The molecule has 1 amide bonds. The molecule has 0 aromatic heterocycles. The Morgan fingerprint density at radius 1 is 1.32 bits per heavy atom. The van der Waals surface area contributed by atoms with Gasteiger partial charge in [0.15, 0.2) is 0 Å². The molecule has 0 radical (unpaired) electrons. The van der Waals surface area contributed by atoms with Gasteiger partial charge in [0.05, 0.1) is 0 Å². The lowest BCUT2D eigenvalue weighted by Crippen LogP contribution is -2.26. The second-order valence-electron chi connectivity index (χ2n) is 5.42. The molecule has 19 heavy (non-hydrogen) atoms. The Bertz CT molecular complexity index is 432. The summed E-state index contributed by atoms with van der Waals surface area (Å²) in [6.45, 7) is 6.86. The summed E-state index contributed by atoms with van der Waals surface area (Å²) in [5.74, 6) is -0.179. The zero-order valence-corrected chi connectivity index (χ0v) is 11.9. The molecule has 0 aliphatic rings. The molecular weight excluding hydrogens is 243 g/mol. The highest BCUT2D eigenvalue weighted by Gasteiger charge is 2.09. The molecule has 0 fully saturated rings. The van der Waals surface area contributed by atoms with Crippen LogP contribution in [0.15, 0.2) is 18.2 Å². The minimum atomic E-state index is -0.533. The quantitative estimate of drug-likeness (QED) is 0.797. The lowest BCUT2D eigenvalue weighted by molar-refractivity contribution is 0.1000. The maximum absolute atomic E-state index is 13.6. The van der Waals surface area contributed by atoms with Gasteiger partial charge in [-0.05, 0) is 43.9 Å². The van der Waals surface area contributed by atoms with E-state index in [1.54, 1.807) is 0 Å². The minimum absolute atomic E-state index is 0.312. The van der Waals surface area contributed by atoms with Crippen LogP contribution in [-0.4, -0.2) is 11.9 Å². The number of carbonyl (C=O) groups excluding carboxylic acids is 1. The molecule has 0 aliphatic heterocycles. The summed E-state index contributed by atoms with van der Waals surface area (Å²) in [5.41, 5.74) is 6.01. The van der Waals surface area contributed by atoms with Gasteiger partial charge in [0.2, 0.25) is 5.91 Å². The van der Waals surface area contributed by atoms with Gasteiger partial charge in [-0.3, -0.25) is 4.79 Å². The molecule has 1 atom stereocenters. The highest BCUT2D eigenvalue weighted by atomic mass is 19.1. The molecule has 1 rings (SSSR count). The number of carbonyl (C=O) groups is 1. The number of amides is 1. The van der Waals surface area contributed by atoms with E-state index >= 15 is 0 Å². The maximum atomic E-state index is 13.6. The van der Waals surface area contributed by atoms with E-state index in [0.29, 0.717) is 29.6 Å². The van der Waals surface area contributed by atoms with E-state index in [9.17, 15) is 9.18 Å². The van der Waals surface area contributed by atoms with E-state index in [4.69, 9.17) is 5.73 Å². The van der Waals surface area contributed by atoms with Crippen molar-refractivity contribution in [3.05, 3.63) is 35.1 Å². The number of hydrogen-bond donors (Lipinski definition) is 2. The van der Waals surface area contributed by atoms with Crippen molar-refractivity contribution < 1.29 is 9.18 Å². The SMILES string of the molecule is CC(C)CCC(C)NCc1cc(C(N)=O)ccc1F. The Hall–Kier alpha value is -1.42. The third-order valence-electron chi connectivity index (χ3n) is 3.15. The Morgan fingerprint density at radius 3 is 2.58 bits per heavy atom. The van der Waals surface area contributed by atoms with Gasteiger partial charge < -0.3 is 11.1 Å². The summed E-state index contributed by atoms with van der Waals surface area (Å²) >= 11 is 0. The molecule has 4 heteroatoms. The van der Waals surface area contributed by atoms with Crippen LogP contribution >= 0.6 is 0 Å². The van der Waals surface area contributed by atoms with Crippen LogP contribution < -0.4 is 11.1 Å². The van der Waals surface area contributed by atoms with Crippen LogP contribution in [0.3, 0.4) is 0 Å². The first-order chi connectivity index (χ1) is 8.90. The van der Waals surface area contributed by atoms with E-state index in [0.717, 1.165) is 12.8 Å². The molecule has 0 saturated carbocycles. The summed E-state index contributed by atoms with van der Waals surface area (Å²) < 4.78 is 13.6. The van der Waals surface area contributed by atoms with E-state index in [2.05, 4.69) is 26.1 Å². The first kappa shape index (κ1) is 15.6. The zero-order chi connectivity index (χ0) is 14.4. The third kappa shape index (κ3) is 5.39. The summed E-state index contributed by atoms with van der Waals surface area (Å²) in [6, 6.07) is 4.53. The lowest BCUT2D eigenvalue weighted by atomic mass is 10.0. The summed E-state index contributed by atoms with van der Waals surface area (Å²) in [6.07, 6.45) is 2.19. The number of nitrogens with one attached hydrogen (secondary N) is 1. The molecule has 3 N–H and O–H groups in total. The predicted octanol–water partition coefficient (Wildman–Crippen LogP) is 2.84. The summed E-state index contributed by atoms with van der Waals surface area (Å²) in [4.78, 5) is 11.1. The van der Waals surface area contributed by atoms with Gasteiger partial charge in [-0.15, -0.1) is 0 Å². The van der Waals surface area contributed by atoms with Crippen molar-refractivity contribution in [3.63, 3.8) is 0 Å². The van der Waals surface area contributed by atoms with Gasteiger partial charge in [0.25, 0.3) is 0 Å². The fraction of sp³-hybridized carbons (Fsp3) is 0.533. The molecule has 0 saturated heterocycles. The maximum Gasteiger partial charge on any atom is 0.248 e. The van der Waals surface area contributed by atoms with Gasteiger partial charge in [0, 0.05) is 23.7 Å². The number of rotatable bonds is 7. The van der Waals surface area contributed by atoms with Crippen LogP contribution in [0.5, 0.6) is 0 Å². The standard InChI is InChI=1S/C15H23FN2O/c1-10(2)4-5-11(3)18-9-13-8-12(15(17)19)6-7-14(13)16/h6-8,10-11,18H,4-5,9H2,1-3H3,(H2,17,19). The molecule has 106 valence electrons. The lowest BCUT2D eigenvalue weighted by Gasteiger charge is -2.15. The van der Waals surface area contributed by atoms with Crippen molar-refractivity contribution >= 4 is 5.91 Å². The Kier molecular flexibility index (Phi) is 5.96. The second-order valence-corrected chi connectivity index (χ2v) is 5.42. The van der Waals surface area contributed by atoms with Crippen LogP contribution in [0.4, 0.5) is 4.39 Å². The monoisotopic (exact) mass is 266 g/mol. The molecule has 1 unspecified atom stereocenters. The molecule has 1 aromatic carbocycles. The van der Waals surface area contributed by atoms with Crippen molar-refractivity contribution in [2.45, 2.75) is 46.2 Å². The number of hydrogen-bond acceptors (Lipinski definition) is 2. The van der Waals surface area contributed by atoms with E-state index < -0.39 is 5.91 Å². The second kappa shape index (κ2) is 7.24. The first-order valence-corrected chi connectivity index (χ1v) is 6.71. The van der Waals surface area contributed by atoms with Gasteiger partial charge in [-0.2, -0.15) is 0 Å². The van der Waals surface area contributed by atoms with Gasteiger partial charge in [-0.1, -0.05) is 13.8 Å². The third-order valence-corrected chi connectivity index (χ3v) is 3.15. The zero-order valence-electron chi connectivity index (χ0n) is 11.9. The largest absolute Gasteiger partial charge is 0.366 e. The van der Waals surface area contributed by atoms with Gasteiger partial charge >= 0.3 is 0 Å². The Labute approximate surface area is 114 Å². The number of halogens is 1. The van der Waals surface area contributed by atoms with E-state index in [1.807, 2.05) is 0 Å². The molecule has 0 aliphatic carbocycles. The smallest absolute Gasteiger partial charge is 0.248 e. The van der Waals surface area contributed by atoms with Crippen molar-refractivity contribution in [2.75, 3.05) is 0 Å². The molecular formula is C15H23FN2O. The molecule has 0 spiro atoms. The average molecular weight is 266 g/mol. The Balaban J connectivity index is 2.57. The van der Waals surface area contributed by atoms with Crippen molar-refractivity contribution in [1.82, 2.24) is 5.32 Å². The van der Waals surface area contributed by atoms with Crippen molar-refractivity contribution in [1.29, 1.82) is 0 Å². The molecule has 3 nitrogen and oxygen atoms in total. The average Bonchev–Trinajstić information content (AvgIpc) is 2.35. The van der Waals surface area contributed by atoms with E-state index in [1.165, 1.54) is 18.2 Å². The minimum Gasteiger partial charge on any atom is -0.366 e. The van der Waals surface area contributed by atoms with Crippen molar-refractivity contribution in [2.24, 2.45) is 11.7 Å². The van der Waals surface area contributed by atoms with Crippen LogP contribution in [0.2, 0.25) is 0 Å². The van der Waals surface area contributed by atoms with Gasteiger partial charge in [-0.25, -0.2) is 4.39 Å². The Morgan fingerprint density at radius 2 is 2.00 bits per heavy atom. The number of primary amides is 1. The van der Waals surface area contributed by atoms with Crippen molar-refractivity contribution in [3.8, 4) is 0 Å².